The fraction of sp³-hybridized carbons (Fsp3) is 0.292. The summed E-state index contributed by atoms with van der Waals surface area (Å²) in [5, 5.41) is 0. The standard InChI is InChI=1S/C24H29N3/c1-7-20-10-8-9-17(2)24(20)27-18(3)15-21(19(27)4)16-25-22-11-13-23(14-12-22)26(5)6/h8-16H,7H2,1-6H3. The van der Waals surface area contributed by atoms with Crippen LogP contribution in [-0.4, -0.2) is 24.9 Å². The summed E-state index contributed by atoms with van der Waals surface area (Å²) in [5.74, 6) is 0. The van der Waals surface area contributed by atoms with Gasteiger partial charge in [-0.1, -0.05) is 25.1 Å². The topological polar surface area (TPSA) is 20.5 Å². The first-order valence-corrected chi connectivity index (χ1v) is 9.51. The van der Waals surface area contributed by atoms with Crippen LogP contribution in [0.5, 0.6) is 0 Å². The van der Waals surface area contributed by atoms with Crippen LogP contribution in [0.2, 0.25) is 0 Å². The van der Waals surface area contributed by atoms with Crippen molar-refractivity contribution in [3.8, 4) is 5.69 Å². The van der Waals surface area contributed by atoms with E-state index in [1.165, 1.54) is 33.9 Å². The summed E-state index contributed by atoms with van der Waals surface area (Å²) < 4.78 is 2.37. The number of benzene rings is 2. The Morgan fingerprint density at radius 2 is 1.70 bits per heavy atom. The highest BCUT2D eigenvalue weighted by Crippen LogP contribution is 2.26. The third-order valence-electron chi connectivity index (χ3n) is 5.11. The van der Waals surface area contributed by atoms with Crippen LogP contribution < -0.4 is 4.90 Å². The lowest BCUT2D eigenvalue weighted by Gasteiger charge is -2.17. The molecule has 0 unspecified atom stereocenters. The van der Waals surface area contributed by atoms with Gasteiger partial charge < -0.3 is 9.47 Å². The second-order valence-electron chi connectivity index (χ2n) is 7.27. The lowest BCUT2D eigenvalue weighted by Crippen LogP contribution is -2.07. The van der Waals surface area contributed by atoms with Crippen molar-refractivity contribution >= 4 is 17.6 Å². The van der Waals surface area contributed by atoms with Crippen LogP contribution in [0.15, 0.2) is 53.5 Å². The summed E-state index contributed by atoms with van der Waals surface area (Å²) in [7, 11) is 4.09. The Labute approximate surface area is 163 Å². The van der Waals surface area contributed by atoms with Gasteiger partial charge in [0, 0.05) is 42.9 Å². The van der Waals surface area contributed by atoms with E-state index in [1.54, 1.807) is 0 Å². The zero-order chi connectivity index (χ0) is 19.6. The summed E-state index contributed by atoms with van der Waals surface area (Å²) in [6.07, 6.45) is 3.00. The number of anilines is 1. The van der Waals surface area contributed by atoms with Crippen LogP contribution in [-0.2, 0) is 6.42 Å². The first-order chi connectivity index (χ1) is 12.9. The van der Waals surface area contributed by atoms with Crippen molar-refractivity contribution in [1.82, 2.24) is 4.57 Å². The molecule has 0 saturated heterocycles. The smallest absolute Gasteiger partial charge is 0.0631 e. The van der Waals surface area contributed by atoms with Gasteiger partial charge in [0.05, 0.1) is 11.4 Å². The molecule has 0 aliphatic rings. The Balaban J connectivity index is 1.97. The second-order valence-corrected chi connectivity index (χ2v) is 7.27. The predicted molar refractivity (Wildman–Crippen MR) is 117 cm³/mol. The molecule has 0 aliphatic heterocycles. The van der Waals surface area contributed by atoms with Crippen molar-refractivity contribution in [3.63, 3.8) is 0 Å². The zero-order valence-electron chi connectivity index (χ0n) is 17.2. The van der Waals surface area contributed by atoms with Gasteiger partial charge in [0.1, 0.15) is 0 Å². The summed E-state index contributed by atoms with van der Waals surface area (Å²) in [6.45, 7) is 8.75. The van der Waals surface area contributed by atoms with E-state index in [0.29, 0.717) is 0 Å². The fourth-order valence-electron chi connectivity index (χ4n) is 3.57. The number of rotatable bonds is 5. The van der Waals surface area contributed by atoms with Gasteiger partial charge in [0.2, 0.25) is 0 Å². The second kappa shape index (κ2) is 7.83. The average molecular weight is 360 g/mol. The minimum absolute atomic E-state index is 0.968. The zero-order valence-corrected chi connectivity index (χ0v) is 17.2. The Morgan fingerprint density at radius 1 is 1.00 bits per heavy atom. The van der Waals surface area contributed by atoms with Crippen LogP contribution in [0.1, 0.15) is 35.0 Å². The molecule has 140 valence electrons. The predicted octanol–water partition coefficient (Wildman–Crippen LogP) is 5.78. The number of hydrogen-bond donors (Lipinski definition) is 0. The number of hydrogen-bond acceptors (Lipinski definition) is 2. The lowest BCUT2D eigenvalue weighted by atomic mass is 10.1. The molecule has 0 amide bonds. The molecule has 1 aromatic heterocycles. The molecule has 0 atom stereocenters. The van der Waals surface area contributed by atoms with E-state index in [9.17, 15) is 0 Å². The molecule has 0 spiro atoms. The average Bonchev–Trinajstić information content (AvgIpc) is 2.93. The van der Waals surface area contributed by atoms with E-state index in [1.807, 2.05) is 20.3 Å². The molecule has 3 heteroatoms. The number of aliphatic imine (C=N–C) groups is 1. The highest BCUT2D eigenvalue weighted by molar-refractivity contribution is 5.84. The summed E-state index contributed by atoms with van der Waals surface area (Å²) >= 11 is 0. The third-order valence-corrected chi connectivity index (χ3v) is 5.11. The van der Waals surface area contributed by atoms with Crippen molar-refractivity contribution in [2.24, 2.45) is 4.99 Å². The molecule has 3 nitrogen and oxygen atoms in total. The number of aromatic nitrogens is 1. The van der Waals surface area contributed by atoms with Crippen LogP contribution in [0, 0.1) is 20.8 Å². The molecule has 0 radical (unpaired) electrons. The van der Waals surface area contributed by atoms with E-state index in [2.05, 4.69) is 85.7 Å². The van der Waals surface area contributed by atoms with Gasteiger partial charge in [-0.05, 0) is 68.7 Å². The lowest BCUT2D eigenvalue weighted by molar-refractivity contribution is 0.926. The molecule has 3 aromatic rings. The maximum atomic E-state index is 4.69. The Hall–Kier alpha value is -2.81. The van der Waals surface area contributed by atoms with Crippen molar-refractivity contribution in [1.29, 1.82) is 0 Å². The Bertz CT molecular complexity index is 960. The van der Waals surface area contributed by atoms with E-state index in [4.69, 9.17) is 4.99 Å². The van der Waals surface area contributed by atoms with Gasteiger partial charge in [-0.25, -0.2) is 0 Å². The molecule has 0 fully saturated rings. The van der Waals surface area contributed by atoms with Crippen molar-refractivity contribution in [3.05, 3.63) is 76.6 Å². The van der Waals surface area contributed by atoms with Crippen molar-refractivity contribution in [2.45, 2.75) is 34.1 Å². The van der Waals surface area contributed by atoms with E-state index < -0.39 is 0 Å². The van der Waals surface area contributed by atoms with Gasteiger partial charge in [-0.3, -0.25) is 4.99 Å². The largest absolute Gasteiger partial charge is 0.378 e. The van der Waals surface area contributed by atoms with E-state index in [0.717, 1.165) is 17.7 Å². The number of aryl methyl sites for hydroxylation is 3. The fourth-order valence-corrected chi connectivity index (χ4v) is 3.57. The van der Waals surface area contributed by atoms with Gasteiger partial charge in [0.25, 0.3) is 0 Å². The Kier molecular flexibility index (Phi) is 5.50. The summed E-state index contributed by atoms with van der Waals surface area (Å²) in [6, 6.07) is 17.1. The molecule has 27 heavy (non-hydrogen) atoms. The van der Waals surface area contributed by atoms with Gasteiger partial charge in [-0.15, -0.1) is 0 Å². The van der Waals surface area contributed by atoms with Crippen LogP contribution in [0.3, 0.4) is 0 Å². The Morgan fingerprint density at radius 3 is 2.33 bits per heavy atom. The molecular formula is C24H29N3. The maximum absolute atomic E-state index is 4.69. The van der Waals surface area contributed by atoms with Crippen molar-refractivity contribution < 1.29 is 0 Å². The molecule has 0 bridgehead atoms. The molecule has 2 aromatic carbocycles. The maximum Gasteiger partial charge on any atom is 0.0631 e. The van der Waals surface area contributed by atoms with Crippen molar-refractivity contribution in [2.75, 3.05) is 19.0 Å². The van der Waals surface area contributed by atoms with Gasteiger partial charge >= 0.3 is 0 Å². The van der Waals surface area contributed by atoms with Crippen LogP contribution >= 0.6 is 0 Å². The van der Waals surface area contributed by atoms with Gasteiger partial charge in [-0.2, -0.15) is 0 Å². The SMILES string of the molecule is CCc1cccc(C)c1-n1c(C)cc(C=Nc2ccc(N(C)C)cc2)c1C. The minimum atomic E-state index is 0.968. The quantitative estimate of drug-likeness (QED) is 0.529. The molecule has 1 heterocycles. The number of para-hydroxylation sites is 1. The first-order valence-electron chi connectivity index (χ1n) is 9.51. The highest BCUT2D eigenvalue weighted by Gasteiger charge is 2.14. The molecule has 3 rings (SSSR count). The van der Waals surface area contributed by atoms with Crippen LogP contribution in [0.4, 0.5) is 11.4 Å². The normalized spacial score (nSPS) is 11.3. The number of nitrogens with zero attached hydrogens (tertiary/aromatic N) is 3. The van der Waals surface area contributed by atoms with E-state index in [-0.39, 0.29) is 0 Å². The molecule has 0 aliphatic carbocycles. The third kappa shape index (κ3) is 3.82. The monoisotopic (exact) mass is 359 g/mol. The first kappa shape index (κ1) is 19.0. The molecule has 0 N–H and O–H groups in total. The summed E-state index contributed by atoms with van der Waals surface area (Å²) in [4.78, 5) is 6.79. The molecular weight excluding hydrogens is 330 g/mol. The highest BCUT2D eigenvalue weighted by atomic mass is 15.1. The van der Waals surface area contributed by atoms with E-state index >= 15 is 0 Å². The molecule has 0 saturated carbocycles. The summed E-state index contributed by atoms with van der Waals surface area (Å²) in [5.41, 5.74) is 9.76. The van der Waals surface area contributed by atoms with Crippen LogP contribution in [0.25, 0.3) is 5.69 Å². The van der Waals surface area contributed by atoms with Gasteiger partial charge in [0.15, 0.2) is 0 Å². The minimum Gasteiger partial charge on any atom is -0.378 e.